The van der Waals surface area contributed by atoms with Crippen LogP contribution in [0.4, 0.5) is 0 Å². The van der Waals surface area contributed by atoms with Crippen molar-refractivity contribution in [3.8, 4) is 6.07 Å². The fourth-order valence-electron chi connectivity index (χ4n) is 0.811. The molecule has 1 rings (SSSR count). The van der Waals surface area contributed by atoms with E-state index < -0.39 is 0 Å². The topological polar surface area (TPSA) is 43.9 Å². The molecule has 1 aliphatic heterocycles. The molecule has 0 aliphatic carbocycles. The van der Waals surface area contributed by atoms with Crippen LogP contribution in [-0.4, -0.2) is 23.4 Å². The minimum absolute atomic E-state index is 0.111. The van der Waals surface area contributed by atoms with Crippen molar-refractivity contribution in [2.45, 2.75) is 53.5 Å². The van der Waals surface area contributed by atoms with Gasteiger partial charge in [0.1, 0.15) is 6.54 Å². The summed E-state index contributed by atoms with van der Waals surface area (Å²) < 4.78 is 0. The fraction of sp³-hybridized carbons (Fsp3) is 0.833. The molecular weight excluding hydrogens is 188 g/mol. The van der Waals surface area contributed by atoms with Crippen LogP contribution in [0.1, 0.15) is 47.5 Å². The van der Waals surface area contributed by atoms with Gasteiger partial charge in [0.05, 0.1) is 11.5 Å². The van der Waals surface area contributed by atoms with Gasteiger partial charge in [-0.3, -0.25) is 4.79 Å². The minimum atomic E-state index is -0.111. The highest BCUT2D eigenvalue weighted by Gasteiger charge is 2.33. The second-order valence-corrected chi connectivity index (χ2v) is 4.63. The molecule has 86 valence electrons. The first-order valence-corrected chi connectivity index (χ1v) is 5.58. The molecule has 0 radical (unpaired) electrons. The van der Waals surface area contributed by atoms with Gasteiger partial charge in [-0.05, 0) is 33.6 Å². The summed E-state index contributed by atoms with van der Waals surface area (Å²) in [6.07, 6.45) is 2.01. The van der Waals surface area contributed by atoms with Crippen LogP contribution in [-0.2, 0) is 4.79 Å². The quantitative estimate of drug-likeness (QED) is 0.672. The van der Waals surface area contributed by atoms with E-state index in [0.29, 0.717) is 18.5 Å². The lowest BCUT2D eigenvalue weighted by Crippen LogP contribution is -2.12. The van der Waals surface area contributed by atoms with Gasteiger partial charge in [0.15, 0.2) is 0 Å². The smallest absolute Gasteiger partial charge is 0.242 e. The van der Waals surface area contributed by atoms with E-state index in [2.05, 4.69) is 19.9 Å². The van der Waals surface area contributed by atoms with Crippen molar-refractivity contribution in [3.63, 3.8) is 0 Å². The lowest BCUT2D eigenvalue weighted by molar-refractivity contribution is -0.114. The molecule has 0 N–H and O–H groups in total. The van der Waals surface area contributed by atoms with Gasteiger partial charge in [0.25, 0.3) is 0 Å². The summed E-state index contributed by atoms with van der Waals surface area (Å²) >= 11 is 0. The molecule has 1 heterocycles. The Labute approximate surface area is 93.1 Å². The molecule has 0 aromatic heterocycles. The number of nitriles is 1. The van der Waals surface area contributed by atoms with E-state index in [9.17, 15) is 4.79 Å². The van der Waals surface area contributed by atoms with Gasteiger partial charge in [-0.25, -0.2) is 0 Å². The highest BCUT2D eigenvalue weighted by atomic mass is 16.2. The third kappa shape index (κ3) is 5.41. The lowest BCUT2D eigenvalue weighted by Gasteiger charge is -2.08. The summed E-state index contributed by atoms with van der Waals surface area (Å²) in [7, 11) is 0. The number of rotatable bonds is 3. The van der Waals surface area contributed by atoms with E-state index in [4.69, 9.17) is 5.26 Å². The van der Waals surface area contributed by atoms with E-state index in [1.807, 2.05) is 25.7 Å². The van der Waals surface area contributed by atoms with Gasteiger partial charge in [-0.15, -0.1) is 0 Å². The molecule has 1 amide bonds. The number of amides is 1. The number of carbonyl (C=O) groups excluding carboxylic acids is 1. The molecule has 1 fully saturated rings. The van der Waals surface area contributed by atoms with Gasteiger partial charge in [-0.2, -0.15) is 5.26 Å². The molecule has 1 aliphatic rings. The Bertz CT molecular complexity index is 253. The Morgan fingerprint density at radius 1 is 1.53 bits per heavy atom. The molecule has 0 spiro atoms. The molecule has 0 saturated carbocycles. The van der Waals surface area contributed by atoms with Gasteiger partial charge in [0.2, 0.25) is 5.91 Å². The maximum atomic E-state index is 10.4. The van der Waals surface area contributed by atoms with Crippen molar-refractivity contribution in [2.24, 2.45) is 5.41 Å². The molecular formula is C12H22N2O. The van der Waals surface area contributed by atoms with Crippen molar-refractivity contribution in [2.75, 3.05) is 6.54 Å². The Kier molecular flexibility index (Phi) is 5.35. The molecule has 3 nitrogen and oxygen atoms in total. The van der Waals surface area contributed by atoms with E-state index in [0.717, 1.165) is 12.8 Å². The molecule has 0 aromatic carbocycles. The molecule has 3 heteroatoms. The van der Waals surface area contributed by atoms with Crippen LogP contribution in [0.2, 0.25) is 0 Å². The Morgan fingerprint density at radius 3 is 2.07 bits per heavy atom. The second-order valence-electron chi connectivity index (χ2n) is 4.63. The average molecular weight is 210 g/mol. The van der Waals surface area contributed by atoms with Crippen molar-refractivity contribution in [1.29, 1.82) is 5.26 Å². The summed E-state index contributed by atoms with van der Waals surface area (Å²) in [6, 6.07) is 2.67. The summed E-state index contributed by atoms with van der Waals surface area (Å²) in [4.78, 5) is 12.3. The first-order valence-electron chi connectivity index (χ1n) is 5.58. The molecule has 1 unspecified atom stereocenters. The highest BCUT2D eigenvalue weighted by Crippen LogP contribution is 2.16. The van der Waals surface area contributed by atoms with Gasteiger partial charge < -0.3 is 4.90 Å². The molecule has 15 heavy (non-hydrogen) atoms. The zero-order valence-electron chi connectivity index (χ0n) is 10.5. The van der Waals surface area contributed by atoms with Gasteiger partial charge in [0, 0.05) is 6.04 Å². The van der Waals surface area contributed by atoms with E-state index in [1.165, 1.54) is 0 Å². The van der Waals surface area contributed by atoms with Crippen LogP contribution >= 0.6 is 0 Å². The van der Waals surface area contributed by atoms with Crippen LogP contribution in [0.3, 0.4) is 0 Å². The number of carbonyl (C=O) groups is 1. The fourth-order valence-corrected chi connectivity index (χ4v) is 0.811. The Morgan fingerprint density at radius 2 is 2.00 bits per heavy atom. The highest BCUT2D eigenvalue weighted by molar-refractivity contribution is 5.92. The average Bonchev–Trinajstić information content (AvgIpc) is 2.95. The van der Waals surface area contributed by atoms with Crippen LogP contribution < -0.4 is 0 Å². The van der Waals surface area contributed by atoms with Gasteiger partial charge >= 0.3 is 0 Å². The Hall–Kier alpha value is -1.04. The summed E-state index contributed by atoms with van der Waals surface area (Å²) in [5, 5.41) is 8.34. The largest absolute Gasteiger partial charge is 0.329 e. The van der Waals surface area contributed by atoms with E-state index >= 15 is 0 Å². The standard InChI is InChI=1S/C6H11NO.C6H11N/c1-3-5(2)7-4-6(7)8;1-4-6(2,3)5-7/h5H,3-4H2,1-2H3;4H2,1-3H3. The molecule has 1 saturated heterocycles. The number of hydrogen-bond acceptors (Lipinski definition) is 2. The lowest BCUT2D eigenvalue weighted by atomic mass is 9.93. The normalized spacial score (nSPS) is 16.3. The maximum absolute atomic E-state index is 10.4. The van der Waals surface area contributed by atoms with Crippen molar-refractivity contribution < 1.29 is 4.79 Å². The maximum Gasteiger partial charge on any atom is 0.242 e. The minimum Gasteiger partial charge on any atom is -0.329 e. The van der Waals surface area contributed by atoms with Crippen LogP contribution in [0.15, 0.2) is 0 Å². The van der Waals surface area contributed by atoms with Crippen molar-refractivity contribution in [1.82, 2.24) is 4.90 Å². The summed E-state index contributed by atoms with van der Waals surface area (Å²) in [5.74, 6) is 0.305. The van der Waals surface area contributed by atoms with Crippen molar-refractivity contribution >= 4 is 5.91 Å². The predicted molar refractivity (Wildman–Crippen MR) is 61.2 cm³/mol. The second kappa shape index (κ2) is 5.75. The van der Waals surface area contributed by atoms with Gasteiger partial charge in [-0.1, -0.05) is 13.8 Å². The van der Waals surface area contributed by atoms with E-state index in [1.54, 1.807) is 0 Å². The predicted octanol–water partition coefficient (Wildman–Crippen LogP) is 2.57. The zero-order chi connectivity index (χ0) is 12.1. The summed E-state index contributed by atoms with van der Waals surface area (Å²) in [5.41, 5.74) is -0.111. The van der Waals surface area contributed by atoms with E-state index in [-0.39, 0.29) is 5.41 Å². The third-order valence-corrected chi connectivity index (χ3v) is 2.83. The third-order valence-electron chi connectivity index (χ3n) is 2.83. The Balaban J connectivity index is 0.000000265. The summed E-state index contributed by atoms with van der Waals surface area (Å²) in [6.45, 7) is 10.7. The molecule has 0 bridgehead atoms. The number of nitrogens with zero attached hydrogens (tertiary/aromatic N) is 2. The van der Waals surface area contributed by atoms with Crippen LogP contribution in [0, 0.1) is 16.7 Å². The molecule has 1 atom stereocenters. The molecule has 0 aromatic rings. The number of hydrogen-bond donors (Lipinski definition) is 0. The van der Waals surface area contributed by atoms with Crippen LogP contribution in [0.5, 0.6) is 0 Å². The first-order chi connectivity index (χ1) is 6.87. The first kappa shape index (κ1) is 14.0. The monoisotopic (exact) mass is 210 g/mol. The SMILES string of the molecule is CCC(C)(C)C#N.CCC(C)N1CC1=O. The zero-order valence-corrected chi connectivity index (χ0v) is 10.5. The van der Waals surface area contributed by atoms with Crippen molar-refractivity contribution in [3.05, 3.63) is 0 Å². The van der Waals surface area contributed by atoms with Crippen LogP contribution in [0.25, 0.3) is 0 Å².